The van der Waals surface area contributed by atoms with E-state index in [9.17, 15) is 0 Å². The van der Waals surface area contributed by atoms with Crippen LogP contribution in [0.4, 0.5) is 5.69 Å². The first-order valence-electron chi connectivity index (χ1n) is 6.99. The molecule has 21 heavy (non-hydrogen) atoms. The number of benzene rings is 2. The van der Waals surface area contributed by atoms with E-state index in [0.29, 0.717) is 29.1 Å². The molecule has 0 atom stereocenters. The Labute approximate surface area is 136 Å². The summed E-state index contributed by atoms with van der Waals surface area (Å²) in [4.78, 5) is 0. The second-order valence-corrected chi connectivity index (χ2v) is 5.85. The molecular formula is C17H19Cl2NO. The second-order valence-electron chi connectivity index (χ2n) is 5.07. The highest BCUT2D eigenvalue weighted by Crippen LogP contribution is 2.29. The van der Waals surface area contributed by atoms with Crippen LogP contribution in [0, 0.1) is 0 Å². The summed E-state index contributed by atoms with van der Waals surface area (Å²) in [6.45, 7) is 5.54. The van der Waals surface area contributed by atoms with Gasteiger partial charge in [-0.15, -0.1) is 0 Å². The Morgan fingerprint density at radius 1 is 1.05 bits per heavy atom. The highest BCUT2D eigenvalue weighted by atomic mass is 35.5. The molecule has 0 spiro atoms. The Bertz CT molecular complexity index is 599. The van der Waals surface area contributed by atoms with Gasteiger partial charge in [-0.3, -0.25) is 0 Å². The normalized spacial score (nSPS) is 10.7. The van der Waals surface area contributed by atoms with Crippen molar-refractivity contribution in [3.63, 3.8) is 0 Å². The molecule has 4 heteroatoms. The van der Waals surface area contributed by atoms with Gasteiger partial charge in [0.05, 0.1) is 15.7 Å². The van der Waals surface area contributed by atoms with Crippen molar-refractivity contribution in [2.45, 2.75) is 19.8 Å². The quantitative estimate of drug-likeness (QED) is 0.698. The summed E-state index contributed by atoms with van der Waals surface area (Å²) in [5.74, 6) is 1.38. The molecule has 0 amide bonds. The number of rotatable bonds is 6. The fourth-order valence-electron chi connectivity index (χ4n) is 2.08. The van der Waals surface area contributed by atoms with Gasteiger partial charge in [0.2, 0.25) is 0 Å². The van der Waals surface area contributed by atoms with Crippen LogP contribution in [-0.2, 0) is 0 Å². The van der Waals surface area contributed by atoms with E-state index >= 15 is 0 Å². The fraction of sp³-hybridized carbons (Fsp3) is 0.294. The zero-order valence-electron chi connectivity index (χ0n) is 12.2. The summed E-state index contributed by atoms with van der Waals surface area (Å²) in [5.41, 5.74) is 2.04. The molecule has 0 aliphatic heterocycles. The van der Waals surface area contributed by atoms with Crippen molar-refractivity contribution in [2.24, 2.45) is 0 Å². The van der Waals surface area contributed by atoms with Crippen LogP contribution in [0.15, 0.2) is 42.5 Å². The van der Waals surface area contributed by atoms with Gasteiger partial charge in [0.1, 0.15) is 12.4 Å². The Morgan fingerprint density at radius 2 is 1.81 bits per heavy atom. The van der Waals surface area contributed by atoms with Crippen LogP contribution in [0.3, 0.4) is 0 Å². The van der Waals surface area contributed by atoms with Crippen LogP contribution in [-0.4, -0.2) is 13.2 Å². The first-order chi connectivity index (χ1) is 10.1. The number of anilines is 1. The van der Waals surface area contributed by atoms with Crippen molar-refractivity contribution < 1.29 is 4.74 Å². The molecule has 0 aromatic heterocycles. The Balaban J connectivity index is 1.89. The maximum Gasteiger partial charge on any atom is 0.122 e. The fourth-order valence-corrected chi connectivity index (χ4v) is 2.44. The second kappa shape index (κ2) is 7.58. The SMILES string of the molecule is CC(C)c1ccccc1OCCNc1cccc(Cl)c1Cl. The molecular weight excluding hydrogens is 305 g/mol. The van der Waals surface area contributed by atoms with Gasteiger partial charge in [-0.2, -0.15) is 0 Å². The van der Waals surface area contributed by atoms with Gasteiger partial charge in [-0.25, -0.2) is 0 Å². The van der Waals surface area contributed by atoms with Crippen molar-refractivity contribution in [1.29, 1.82) is 0 Å². The monoisotopic (exact) mass is 323 g/mol. The molecule has 0 aliphatic rings. The van der Waals surface area contributed by atoms with Crippen molar-refractivity contribution >= 4 is 28.9 Å². The van der Waals surface area contributed by atoms with Gasteiger partial charge in [-0.05, 0) is 29.7 Å². The number of ether oxygens (including phenoxy) is 1. The van der Waals surface area contributed by atoms with Crippen LogP contribution >= 0.6 is 23.2 Å². The molecule has 0 fully saturated rings. The van der Waals surface area contributed by atoms with Gasteiger partial charge in [0, 0.05) is 6.54 Å². The molecule has 0 saturated carbocycles. The van der Waals surface area contributed by atoms with E-state index in [1.54, 1.807) is 6.07 Å². The highest BCUT2D eigenvalue weighted by Gasteiger charge is 2.07. The van der Waals surface area contributed by atoms with Gasteiger partial charge in [0.15, 0.2) is 0 Å². The van der Waals surface area contributed by atoms with Crippen LogP contribution in [0.5, 0.6) is 5.75 Å². The predicted octanol–water partition coefficient (Wildman–Crippen LogP) is 5.61. The first-order valence-corrected chi connectivity index (χ1v) is 7.74. The Kier molecular flexibility index (Phi) is 5.77. The van der Waals surface area contributed by atoms with Crippen molar-refractivity contribution in [1.82, 2.24) is 0 Å². The summed E-state index contributed by atoms with van der Waals surface area (Å²) in [6, 6.07) is 13.7. The summed E-state index contributed by atoms with van der Waals surface area (Å²) >= 11 is 12.1. The van der Waals surface area contributed by atoms with Crippen LogP contribution in [0.1, 0.15) is 25.3 Å². The van der Waals surface area contributed by atoms with E-state index in [2.05, 4.69) is 25.2 Å². The third-order valence-electron chi connectivity index (χ3n) is 3.17. The molecule has 0 radical (unpaired) electrons. The lowest BCUT2D eigenvalue weighted by molar-refractivity contribution is 0.328. The van der Waals surface area contributed by atoms with Crippen molar-refractivity contribution in [2.75, 3.05) is 18.5 Å². The lowest BCUT2D eigenvalue weighted by Crippen LogP contribution is -2.12. The largest absolute Gasteiger partial charge is 0.491 e. The van der Waals surface area contributed by atoms with E-state index in [0.717, 1.165) is 11.4 Å². The molecule has 2 rings (SSSR count). The van der Waals surface area contributed by atoms with Gasteiger partial charge < -0.3 is 10.1 Å². The zero-order chi connectivity index (χ0) is 15.2. The molecule has 0 aliphatic carbocycles. The topological polar surface area (TPSA) is 21.3 Å². The van der Waals surface area contributed by atoms with E-state index < -0.39 is 0 Å². The smallest absolute Gasteiger partial charge is 0.122 e. The molecule has 1 N–H and O–H groups in total. The molecule has 2 nitrogen and oxygen atoms in total. The average Bonchev–Trinajstić information content (AvgIpc) is 2.48. The minimum absolute atomic E-state index is 0.441. The Hall–Kier alpha value is -1.38. The molecule has 2 aromatic rings. The molecule has 2 aromatic carbocycles. The minimum atomic E-state index is 0.441. The molecule has 0 unspecified atom stereocenters. The summed E-state index contributed by atoms with van der Waals surface area (Å²) in [5, 5.41) is 4.32. The number of nitrogens with one attached hydrogen (secondary N) is 1. The van der Waals surface area contributed by atoms with Crippen molar-refractivity contribution in [3.05, 3.63) is 58.1 Å². The zero-order valence-corrected chi connectivity index (χ0v) is 13.7. The molecule has 112 valence electrons. The minimum Gasteiger partial charge on any atom is -0.491 e. The maximum atomic E-state index is 6.12. The number of hydrogen-bond donors (Lipinski definition) is 1. The first kappa shape index (κ1) is 16.0. The molecule has 0 bridgehead atoms. The summed E-state index contributed by atoms with van der Waals surface area (Å²) in [6.07, 6.45) is 0. The van der Waals surface area contributed by atoms with Crippen LogP contribution in [0.25, 0.3) is 0 Å². The molecule has 0 heterocycles. The lowest BCUT2D eigenvalue weighted by Gasteiger charge is -2.14. The summed E-state index contributed by atoms with van der Waals surface area (Å²) < 4.78 is 5.85. The van der Waals surface area contributed by atoms with Gasteiger partial charge in [-0.1, -0.05) is 61.3 Å². The van der Waals surface area contributed by atoms with Crippen molar-refractivity contribution in [3.8, 4) is 5.75 Å². The van der Waals surface area contributed by atoms with Gasteiger partial charge in [0.25, 0.3) is 0 Å². The van der Waals surface area contributed by atoms with E-state index in [4.69, 9.17) is 27.9 Å². The van der Waals surface area contributed by atoms with Gasteiger partial charge >= 0.3 is 0 Å². The summed E-state index contributed by atoms with van der Waals surface area (Å²) in [7, 11) is 0. The average molecular weight is 324 g/mol. The van der Waals surface area contributed by atoms with E-state index in [1.807, 2.05) is 30.3 Å². The standard InChI is InChI=1S/C17H19Cl2NO/c1-12(2)13-6-3-4-9-16(13)21-11-10-20-15-8-5-7-14(18)17(15)19/h3-9,12,20H,10-11H2,1-2H3. The molecule has 0 saturated heterocycles. The highest BCUT2D eigenvalue weighted by molar-refractivity contribution is 6.43. The van der Waals surface area contributed by atoms with Crippen LogP contribution in [0.2, 0.25) is 10.0 Å². The predicted molar refractivity (Wildman–Crippen MR) is 91.0 cm³/mol. The van der Waals surface area contributed by atoms with E-state index in [1.165, 1.54) is 5.56 Å². The number of hydrogen-bond acceptors (Lipinski definition) is 2. The third-order valence-corrected chi connectivity index (χ3v) is 3.99. The van der Waals surface area contributed by atoms with Crippen LogP contribution < -0.4 is 10.1 Å². The van der Waals surface area contributed by atoms with E-state index in [-0.39, 0.29) is 0 Å². The lowest BCUT2D eigenvalue weighted by atomic mass is 10.0. The maximum absolute atomic E-state index is 6.12. The number of para-hydroxylation sites is 1. The third kappa shape index (κ3) is 4.29. The Morgan fingerprint density at radius 3 is 2.57 bits per heavy atom. The number of halogens is 2.